The minimum atomic E-state index is 0.601. The summed E-state index contributed by atoms with van der Waals surface area (Å²) in [5.41, 5.74) is 0. The van der Waals surface area contributed by atoms with Crippen molar-refractivity contribution in [2.24, 2.45) is 0 Å². The van der Waals surface area contributed by atoms with Crippen molar-refractivity contribution in [2.45, 2.75) is 13.8 Å². The van der Waals surface area contributed by atoms with Gasteiger partial charge in [-0.25, -0.2) is 4.98 Å². The highest BCUT2D eigenvalue weighted by molar-refractivity contribution is 5.33. The van der Waals surface area contributed by atoms with Crippen LogP contribution in [0, 0.1) is 0 Å². The second kappa shape index (κ2) is 4.59. The summed E-state index contributed by atoms with van der Waals surface area (Å²) in [6.07, 6.45) is 1.69. The maximum Gasteiger partial charge on any atom is 0.257 e. The average Bonchev–Trinajstić information content (AvgIpc) is 2.21. The number of nitrogens with zero attached hydrogens (tertiary/aromatic N) is 1. The topological polar surface area (TPSA) is 31.4 Å². The summed E-state index contributed by atoms with van der Waals surface area (Å²) < 4.78 is 10.4. The van der Waals surface area contributed by atoms with Crippen LogP contribution in [-0.2, 0) is 0 Å². The van der Waals surface area contributed by atoms with Gasteiger partial charge in [-0.15, -0.1) is 0 Å². The number of aromatic nitrogens is 1. The van der Waals surface area contributed by atoms with Gasteiger partial charge in [-0.05, 0) is 12.1 Å². The highest BCUT2D eigenvalue weighted by Gasteiger charge is 2.09. The summed E-state index contributed by atoms with van der Waals surface area (Å²) in [5.74, 6) is 1.35. The van der Waals surface area contributed by atoms with Crippen LogP contribution in [0.15, 0.2) is 18.3 Å². The molecule has 0 N–H and O–H groups in total. The monoisotopic (exact) mass is 167 g/mol. The van der Waals surface area contributed by atoms with Gasteiger partial charge in [0.05, 0.1) is 0 Å². The van der Waals surface area contributed by atoms with E-state index in [1.165, 1.54) is 0 Å². The number of hydrogen-bond acceptors (Lipinski definition) is 3. The summed E-state index contributed by atoms with van der Waals surface area (Å²) in [4.78, 5) is 3.97. The van der Waals surface area contributed by atoms with Crippen LogP contribution in [0.2, 0.25) is 0 Å². The Kier molecular flexibility index (Phi) is 3.38. The van der Waals surface area contributed by atoms with Crippen LogP contribution in [-0.4, -0.2) is 18.2 Å². The first-order valence-electron chi connectivity index (χ1n) is 4.17. The molecule has 0 aliphatic carbocycles. The fourth-order valence-corrected chi connectivity index (χ4v) is 0.884. The van der Waals surface area contributed by atoms with E-state index in [0.29, 0.717) is 19.1 Å². The lowest BCUT2D eigenvalue weighted by Gasteiger charge is -2.15. The first kappa shape index (κ1) is 8.84. The summed E-state index contributed by atoms with van der Waals surface area (Å²) in [6.45, 7) is 5.22. The van der Waals surface area contributed by atoms with E-state index in [1.54, 1.807) is 6.20 Å². The van der Waals surface area contributed by atoms with Crippen molar-refractivity contribution in [3.8, 4) is 11.6 Å². The summed E-state index contributed by atoms with van der Waals surface area (Å²) >= 11 is 0. The Morgan fingerprint density at radius 3 is 2.75 bits per heavy atom. The summed E-state index contributed by atoms with van der Waals surface area (Å²) in [6, 6.07) is 3.68. The fourth-order valence-electron chi connectivity index (χ4n) is 0.884. The van der Waals surface area contributed by atoms with Crippen LogP contribution >= 0.6 is 0 Å². The van der Waals surface area contributed by atoms with Gasteiger partial charge in [0, 0.05) is 6.20 Å². The molecule has 0 saturated heterocycles. The molecule has 0 unspecified atom stereocenters. The van der Waals surface area contributed by atoms with Crippen molar-refractivity contribution < 1.29 is 9.47 Å². The van der Waals surface area contributed by atoms with Crippen LogP contribution < -0.4 is 9.47 Å². The first-order chi connectivity index (χ1) is 5.97. The lowest BCUT2D eigenvalue weighted by atomic mass is 10.4. The third-order valence-corrected chi connectivity index (χ3v) is 1.32. The Labute approximate surface area is 72.3 Å². The van der Waals surface area contributed by atoms with Crippen molar-refractivity contribution >= 4 is 0 Å². The molecule has 1 aliphatic rings. The average molecular weight is 167 g/mol. The van der Waals surface area contributed by atoms with E-state index < -0.39 is 0 Å². The predicted molar refractivity (Wildman–Crippen MR) is 46.6 cm³/mol. The molecule has 1 aromatic heterocycles. The Morgan fingerprint density at radius 1 is 1.25 bits per heavy atom. The third kappa shape index (κ3) is 1.87. The lowest BCUT2D eigenvalue weighted by Crippen LogP contribution is -2.15. The second-order valence-corrected chi connectivity index (χ2v) is 2.00. The van der Waals surface area contributed by atoms with Gasteiger partial charge in [-0.3, -0.25) is 0 Å². The van der Waals surface area contributed by atoms with Gasteiger partial charge >= 0.3 is 0 Å². The molecular weight excluding hydrogens is 154 g/mol. The van der Waals surface area contributed by atoms with Gasteiger partial charge < -0.3 is 9.47 Å². The molecule has 2 heterocycles. The molecule has 0 amide bonds. The van der Waals surface area contributed by atoms with E-state index in [1.807, 2.05) is 26.0 Å². The molecule has 1 aromatic rings. The fraction of sp³-hybridized carbons (Fsp3) is 0.444. The standard InChI is InChI=1S/C7H7NO2.C2H6/c1-2-6-7(8-3-1)10-5-4-9-6;1-2/h1-3H,4-5H2;1-2H3. The molecule has 0 radical (unpaired) electrons. The maximum atomic E-state index is 5.24. The zero-order valence-corrected chi connectivity index (χ0v) is 7.41. The molecule has 0 saturated carbocycles. The van der Waals surface area contributed by atoms with E-state index in [4.69, 9.17) is 9.47 Å². The van der Waals surface area contributed by atoms with Crippen LogP contribution in [0.1, 0.15) is 13.8 Å². The van der Waals surface area contributed by atoms with Crippen molar-refractivity contribution in [2.75, 3.05) is 13.2 Å². The highest BCUT2D eigenvalue weighted by Crippen LogP contribution is 2.25. The first-order valence-corrected chi connectivity index (χ1v) is 4.17. The van der Waals surface area contributed by atoms with Gasteiger partial charge in [-0.1, -0.05) is 13.8 Å². The minimum Gasteiger partial charge on any atom is -0.484 e. The van der Waals surface area contributed by atoms with Gasteiger partial charge in [-0.2, -0.15) is 0 Å². The highest BCUT2D eigenvalue weighted by atomic mass is 16.6. The maximum absolute atomic E-state index is 5.24. The van der Waals surface area contributed by atoms with Gasteiger partial charge in [0.25, 0.3) is 5.88 Å². The number of ether oxygens (including phenoxy) is 2. The Balaban J connectivity index is 0.000000336. The number of hydrogen-bond donors (Lipinski definition) is 0. The van der Waals surface area contributed by atoms with E-state index in [-0.39, 0.29) is 0 Å². The smallest absolute Gasteiger partial charge is 0.257 e. The second-order valence-electron chi connectivity index (χ2n) is 2.00. The molecular formula is C9H13NO2. The molecule has 0 atom stereocenters. The van der Waals surface area contributed by atoms with Crippen molar-refractivity contribution in [3.05, 3.63) is 18.3 Å². The lowest BCUT2D eigenvalue weighted by molar-refractivity contribution is 0.164. The zero-order valence-electron chi connectivity index (χ0n) is 7.41. The van der Waals surface area contributed by atoms with Crippen LogP contribution in [0.4, 0.5) is 0 Å². The van der Waals surface area contributed by atoms with Gasteiger partial charge in [0.15, 0.2) is 5.75 Å². The normalized spacial score (nSPS) is 12.8. The molecule has 3 heteroatoms. The molecule has 0 fully saturated rings. The van der Waals surface area contributed by atoms with Crippen LogP contribution in [0.5, 0.6) is 11.6 Å². The molecule has 66 valence electrons. The molecule has 1 aliphatic heterocycles. The van der Waals surface area contributed by atoms with Crippen LogP contribution in [0.3, 0.4) is 0 Å². The Morgan fingerprint density at radius 2 is 2.00 bits per heavy atom. The zero-order chi connectivity index (χ0) is 8.81. The third-order valence-electron chi connectivity index (χ3n) is 1.32. The summed E-state index contributed by atoms with van der Waals surface area (Å²) in [7, 11) is 0. The van der Waals surface area contributed by atoms with Crippen molar-refractivity contribution in [1.82, 2.24) is 4.98 Å². The molecule has 3 nitrogen and oxygen atoms in total. The molecule has 0 spiro atoms. The molecule has 12 heavy (non-hydrogen) atoms. The summed E-state index contributed by atoms with van der Waals surface area (Å²) in [5, 5.41) is 0. The predicted octanol–water partition coefficient (Wildman–Crippen LogP) is 1.88. The van der Waals surface area contributed by atoms with E-state index in [2.05, 4.69) is 4.98 Å². The molecule has 0 aromatic carbocycles. The largest absolute Gasteiger partial charge is 0.484 e. The van der Waals surface area contributed by atoms with Gasteiger partial charge in [0.1, 0.15) is 13.2 Å². The minimum absolute atomic E-state index is 0.601. The van der Waals surface area contributed by atoms with Crippen molar-refractivity contribution in [3.63, 3.8) is 0 Å². The van der Waals surface area contributed by atoms with E-state index in [0.717, 1.165) is 5.75 Å². The van der Waals surface area contributed by atoms with E-state index in [9.17, 15) is 0 Å². The SMILES string of the molecule is CC.c1cnc2c(c1)OCCO2. The van der Waals surface area contributed by atoms with Crippen molar-refractivity contribution in [1.29, 1.82) is 0 Å². The Bertz CT molecular complexity index is 213. The molecule has 2 rings (SSSR count). The number of rotatable bonds is 0. The van der Waals surface area contributed by atoms with E-state index >= 15 is 0 Å². The number of fused-ring (bicyclic) bond motifs is 1. The van der Waals surface area contributed by atoms with Gasteiger partial charge in [0.2, 0.25) is 0 Å². The Hall–Kier alpha value is -1.25. The molecule has 0 bridgehead atoms. The van der Waals surface area contributed by atoms with Crippen LogP contribution in [0.25, 0.3) is 0 Å². The quantitative estimate of drug-likeness (QED) is 0.591. The number of pyridine rings is 1.